The molecule has 0 unspecified atom stereocenters. The lowest BCUT2D eigenvalue weighted by molar-refractivity contribution is -0.237. The Balaban J connectivity index is 1.15. The molecule has 0 saturated heterocycles. The van der Waals surface area contributed by atoms with Crippen molar-refractivity contribution < 1.29 is 34.4 Å². The van der Waals surface area contributed by atoms with Crippen LogP contribution >= 0.6 is 0 Å². The maximum absolute atomic E-state index is 13.2. The van der Waals surface area contributed by atoms with Crippen molar-refractivity contribution in [2.75, 3.05) is 11.9 Å². The van der Waals surface area contributed by atoms with Gasteiger partial charge in [0.25, 0.3) is 11.8 Å². The molecule has 4 aliphatic carbocycles. The number of hydrogen-bond acceptors (Lipinski definition) is 10. The zero-order chi connectivity index (χ0) is 32.3. The van der Waals surface area contributed by atoms with Crippen LogP contribution in [0.15, 0.2) is 47.5 Å². The van der Waals surface area contributed by atoms with Crippen molar-refractivity contribution in [1.82, 2.24) is 20.4 Å². The number of aliphatic hydroxyl groups excluding tert-OH is 1. The fourth-order valence-corrected chi connectivity index (χ4v) is 9.87. The molecule has 0 radical (unpaired) electrons. The van der Waals surface area contributed by atoms with Crippen LogP contribution in [0.3, 0.4) is 0 Å². The number of aromatic nitrogens is 3. The summed E-state index contributed by atoms with van der Waals surface area (Å²) in [5, 5.41) is 42.4. The number of aliphatic hydroxyl groups is 3. The SMILES string of the molecule is C[C@]12CC[C@H]3[C@@H](CC[C@@]4(O)C[C@H](O)CC[C@]34/C=N/NC(=O)c3nc[nH]c3C(=O)Nc3ccccn3)[C@]1(O)CC[C@@H]2C1=CC(=O)OC1. The van der Waals surface area contributed by atoms with Crippen LogP contribution in [0.4, 0.5) is 5.82 Å². The van der Waals surface area contributed by atoms with Crippen LogP contribution in [0.25, 0.3) is 0 Å². The molecule has 244 valence electrons. The smallest absolute Gasteiger partial charge is 0.331 e. The maximum Gasteiger partial charge on any atom is 0.331 e. The first-order valence-corrected chi connectivity index (χ1v) is 16.1. The summed E-state index contributed by atoms with van der Waals surface area (Å²) < 4.78 is 5.24. The predicted octanol–water partition coefficient (Wildman–Crippen LogP) is 2.49. The Labute approximate surface area is 265 Å². The molecule has 6 N–H and O–H groups in total. The molecule has 0 bridgehead atoms. The minimum Gasteiger partial charge on any atom is -0.458 e. The van der Waals surface area contributed by atoms with Gasteiger partial charge in [0.2, 0.25) is 0 Å². The number of carbonyl (C=O) groups excluding carboxylic acids is 3. The van der Waals surface area contributed by atoms with Crippen molar-refractivity contribution in [3.8, 4) is 0 Å². The third-order valence-corrected chi connectivity index (χ3v) is 12.1. The Hall–Kier alpha value is -3.94. The van der Waals surface area contributed by atoms with Crippen LogP contribution in [0.1, 0.15) is 85.7 Å². The molecule has 2 amide bonds. The Bertz CT molecular complexity index is 1610. The maximum atomic E-state index is 13.2. The lowest BCUT2D eigenvalue weighted by Gasteiger charge is -2.65. The summed E-state index contributed by atoms with van der Waals surface area (Å²) in [4.78, 5) is 48.8. The first kappa shape index (κ1) is 30.7. The molecule has 2 aromatic rings. The molecular weight excluding hydrogens is 592 g/mol. The molecule has 0 spiro atoms. The fraction of sp³-hybridized carbons (Fsp3) is 0.576. The van der Waals surface area contributed by atoms with Gasteiger partial charge < -0.3 is 30.4 Å². The Morgan fingerprint density at radius 1 is 1.07 bits per heavy atom. The van der Waals surface area contributed by atoms with Crippen LogP contribution in [-0.4, -0.2) is 78.2 Å². The molecule has 8 atom stereocenters. The first-order valence-electron chi connectivity index (χ1n) is 16.1. The molecule has 5 aliphatic rings. The number of imidazole rings is 1. The van der Waals surface area contributed by atoms with Gasteiger partial charge in [-0.25, -0.2) is 20.2 Å². The molecule has 3 heterocycles. The monoisotopic (exact) mass is 632 g/mol. The van der Waals surface area contributed by atoms with Gasteiger partial charge in [-0.15, -0.1) is 0 Å². The van der Waals surface area contributed by atoms with Crippen molar-refractivity contribution in [1.29, 1.82) is 0 Å². The molecule has 4 saturated carbocycles. The van der Waals surface area contributed by atoms with E-state index in [1.807, 2.05) is 0 Å². The first-order chi connectivity index (χ1) is 22.0. The second-order valence-electron chi connectivity index (χ2n) is 14.0. The average Bonchev–Trinajstić information content (AvgIpc) is 3.75. The third-order valence-electron chi connectivity index (χ3n) is 12.1. The van der Waals surface area contributed by atoms with Gasteiger partial charge >= 0.3 is 5.97 Å². The number of fused-ring (bicyclic) bond motifs is 5. The van der Waals surface area contributed by atoms with Crippen LogP contribution < -0.4 is 10.7 Å². The molecule has 46 heavy (non-hydrogen) atoms. The van der Waals surface area contributed by atoms with Gasteiger partial charge in [-0.05, 0) is 86.8 Å². The summed E-state index contributed by atoms with van der Waals surface area (Å²) in [6.45, 7) is 2.39. The third kappa shape index (κ3) is 4.62. The highest BCUT2D eigenvalue weighted by Gasteiger charge is 2.71. The summed E-state index contributed by atoms with van der Waals surface area (Å²) in [5.74, 6) is -1.59. The van der Waals surface area contributed by atoms with E-state index in [1.165, 1.54) is 12.5 Å². The number of hydrogen-bond donors (Lipinski definition) is 6. The van der Waals surface area contributed by atoms with E-state index in [0.29, 0.717) is 50.8 Å². The Morgan fingerprint density at radius 2 is 1.89 bits per heavy atom. The minimum absolute atomic E-state index is 0.0284. The lowest BCUT2D eigenvalue weighted by Crippen LogP contribution is -2.68. The number of carbonyl (C=O) groups is 3. The van der Waals surface area contributed by atoms with E-state index in [1.54, 1.807) is 30.5 Å². The zero-order valence-corrected chi connectivity index (χ0v) is 25.7. The average molecular weight is 633 g/mol. The summed E-state index contributed by atoms with van der Waals surface area (Å²) in [7, 11) is 0. The van der Waals surface area contributed by atoms with Gasteiger partial charge in [0.05, 0.1) is 23.6 Å². The molecule has 7 rings (SSSR count). The number of anilines is 1. The molecule has 1 aliphatic heterocycles. The van der Waals surface area contributed by atoms with E-state index in [4.69, 9.17) is 4.74 Å². The molecule has 0 aromatic carbocycles. The number of nitrogens with zero attached hydrogens (tertiary/aromatic N) is 3. The summed E-state index contributed by atoms with van der Waals surface area (Å²) in [6, 6.07) is 5.06. The van der Waals surface area contributed by atoms with E-state index in [2.05, 4.69) is 37.7 Å². The van der Waals surface area contributed by atoms with Crippen LogP contribution in [0, 0.1) is 28.6 Å². The lowest BCUT2D eigenvalue weighted by atomic mass is 9.41. The number of rotatable bonds is 6. The van der Waals surface area contributed by atoms with E-state index in [-0.39, 0.29) is 48.1 Å². The number of hydrazone groups is 1. The Kier molecular flexibility index (Phi) is 7.41. The highest BCUT2D eigenvalue weighted by Crippen LogP contribution is 2.70. The van der Waals surface area contributed by atoms with Gasteiger partial charge in [0.15, 0.2) is 5.69 Å². The normalized spacial score (nSPS) is 38.3. The number of aromatic amines is 1. The largest absolute Gasteiger partial charge is 0.458 e. The number of amides is 2. The predicted molar refractivity (Wildman–Crippen MR) is 164 cm³/mol. The summed E-state index contributed by atoms with van der Waals surface area (Å²) in [5.41, 5.74) is -0.423. The van der Waals surface area contributed by atoms with E-state index >= 15 is 0 Å². The number of cyclic esters (lactones) is 1. The van der Waals surface area contributed by atoms with Crippen molar-refractivity contribution >= 4 is 29.8 Å². The molecule has 13 heteroatoms. The number of pyridine rings is 1. The van der Waals surface area contributed by atoms with Gasteiger partial charge in [0, 0.05) is 35.7 Å². The topological polar surface area (TPSA) is 199 Å². The number of H-pyrrole nitrogens is 1. The van der Waals surface area contributed by atoms with Crippen molar-refractivity contribution in [3.05, 3.63) is 53.8 Å². The second kappa shape index (κ2) is 11.1. The Morgan fingerprint density at radius 3 is 2.65 bits per heavy atom. The van der Waals surface area contributed by atoms with Gasteiger partial charge in [-0.1, -0.05) is 13.0 Å². The van der Waals surface area contributed by atoms with Gasteiger partial charge in [0.1, 0.15) is 18.1 Å². The summed E-state index contributed by atoms with van der Waals surface area (Å²) in [6.07, 6.45) is 10.1. The van der Waals surface area contributed by atoms with E-state index in [0.717, 1.165) is 12.0 Å². The van der Waals surface area contributed by atoms with Gasteiger partial charge in [-0.2, -0.15) is 5.10 Å². The van der Waals surface area contributed by atoms with Crippen molar-refractivity contribution in [3.63, 3.8) is 0 Å². The number of esters is 1. The van der Waals surface area contributed by atoms with E-state index < -0.39 is 40.0 Å². The highest BCUT2D eigenvalue weighted by molar-refractivity contribution is 6.09. The highest BCUT2D eigenvalue weighted by atomic mass is 16.5. The zero-order valence-electron chi connectivity index (χ0n) is 25.7. The molecular formula is C33H40N6O7. The minimum atomic E-state index is -1.28. The van der Waals surface area contributed by atoms with Crippen molar-refractivity contribution in [2.45, 2.75) is 82.0 Å². The van der Waals surface area contributed by atoms with Gasteiger partial charge in [-0.3, -0.25) is 9.59 Å². The van der Waals surface area contributed by atoms with Crippen LogP contribution in [-0.2, 0) is 9.53 Å². The number of nitrogens with one attached hydrogen (secondary N) is 3. The standard InChI is InChI=1S/C33H40N6O7/c1-30-9-6-22-23(33(30,45)12-8-21(30)19-14-25(41)46-16-19)7-11-32(44)15-20(40)5-10-31(22,32)17-37-39-29(43)27-26(35-18-36-27)28(42)38-24-4-2-3-13-34-24/h2-4,13-14,17-18,20-23,40,44-45H,5-12,15-16H2,1H3,(H,35,36)(H,39,43)(H,34,38,42)/b37-17+/t20-,21-,22+,23-,30-,31+,32-,33-/m1/s1. The molecule has 13 nitrogen and oxygen atoms in total. The van der Waals surface area contributed by atoms with Crippen LogP contribution in [0.5, 0.6) is 0 Å². The van der Waals surface area contributed by atoms with Crippen molar-refractivity contribution in [2.24, 2.45) is 33.7 Å². The number of ether oxygens (including phenoxy) is 1. The second-order valence-corrected chi connectivity index (χ2v) is 14.0. The van der Waals surface area contributed by atoms with Crippen LogP contribution in [0.2, 0.25) is 0 Å². The summed E-state index contributed by atoms with van der Waals surface area (Å²) >= 11 is 0. The molecule has 4 fully saturated rings. The van der Waals surface area contributed by atoms with E-state index in [9.17, 15) is 29.7 Å². The molecule has 2 aromatic heterocycles. The fourth-order valence-electron chi connectivity index (χ4n) is 9.87. The quantitative estimate of drug-likeness (QED) is 0.157.